The molecule has 0 fully saturated rings. The maximum Gasteiger partial charge on any atom is 0.127 e. The van der Waals surface area contributed by atoms with Crippen molar-refractivity contribution in [3.05, 3.63) is 58.9 Å². The fourth-order valence-electron chi connectivity index (χ4n) is 3.04. The number of rotatable bonds is 5. The van der Waals surface area contributed by atoms with Crippen molar-refractivity contribution in [1.29, 1.82) is 0 Å². The molecular weight excluding hydrogens is 260 g/mol. The molecule has 1 N–H and O–H groups in total. The van der Waals surface area contributed by atoms with E-state index in [-0.39, 0.29) is 6.04 Å². The van der Waals surface area contributed by atoms with Crippen molar-refractivity contribution in [1.82, 2.24) is 10.3 Å². The fourth-order valence-corrected chi connectivity index (χ4v) is 3.04. The molecule has 0 amide bonds. The van der Waals surface area contributed by atoms with E-state index in [9.17, 15) is 0 Å². The highest BCUT2D eigenvalue weighted by atomic mass is 16.5. The number of aryl methyl sites for hydroxylation is 1. The standard InChI is InChI=1S/C18H22N2O/c1-3-13-8-6-11-20-16(13)17(19-4-2)15-9-5-7-14-10-12-21-18(14)15/h5-9,11,17,19H,3-4,10,12H2,1-2H3. The molecule has 0 spiro atoms. The Bertz CT molecular complexity index is 624. The average Bonchev–Trinajstić information content (AvgIpc) is 3.01. The summed E-state index contributed by atoms with van der Waals surface area (Å²) in [6.45, 7) is 5.99. The first-order chi connectivity index (χ1) is 10.3. The van der Waals surface area contributed by atoms with E-state index in [4.69, 9.17) is 4.74 Å². The first-order valence-electron chi connectivity index (χ1n) is 7.76. The van der Waals surface area contributed by atoms with Gasteiger partial charge in [0.1, 0.15) is 5.75 Å². The zero-order chi connectivity index (χ0) is 14.7. The van der Waals surface area contributed by atoms with Crippen LogP contribution in [0.25, 0.3) is 0 Å². The predicted octanol–water partition coefficient (Wildman–Crippen LogP) is 3.28. The lowest BCUT2D eigenvalue weighted by Crippen LogP contribution is -2.24. The lowest BCUT2D eigenvalue weighted by molar-refractivity contribution is 0.350. The molecule has 1 atom stereocenters. The molecule has 2 aromatic rings. The third kappa shape index (κ3) is 2.66. The zero-order valence-electron chi connectivity index (χ0n) is 12.7. The topological polar surface area (TPSA) is 34.1 Å². The molecule has 110 valence electrons. The normalized spacial score (nSPS) is 14.6. The van der Waals surface area contributed by atoms with Crippen LogP contribution in [0.1, 0.15) is 42.3 Å². The Labute approximate surface area is 126 Å². The molecule has 0 saturated carbocycles. The van der Waals surface area contributed by atoms with Crippen LogP contribution in [0, 0.1) is 0 Å². The van der Waals surface area contributed by atoms with Gasteiger partial charge in [-0.1, -0.05) is 38.1 Å². The third-order valence-electron chi connectivity index (χ3n) is 4.04. The van der Waals surface area contributed by atoms with Gasteiger partial charge in [-0.05, 0) is 30.2 Å². The highest BCUT2D eigenvalue weighted by Crippen LogP contribution is 2.36. The molecule has 1 unspecified atom stereocenters. The highest BCUT2D eigenvalue weighted by molar-refractivity contribution is 5.48. The van der Waals surface area contributed by atoms with Crippen LogP contribution in [0.15, 0.2) is 36.5 Å². The van der Waals surface area contributed by atoms with E-state index in [0.29, 0.717) is 0 Å². The molecule has 2 heterocycles. The lowest BCUT2D eigenvalue weighted by Gasteiger charge is -2.22. The zero-order valence-corrected chi connectivity index (χ0v) is 12.7. The Morgan fingerprint density at radius 3 is 2.95 bits per heavy atom. The van der Waals surface area contributed by atoms with Gasteiger partial charge in [-0.2, -0.15) is 0 Å². The number of benzene rings is 1. The number of pyridine rings is 1. The Kier molecular flexibility index (Phi) is 4.20. The predicted molar refractivity (Wildman–Crippen MR) is 84.8 cm³/mol. The molecule has 0 aliphatic carbocycles. The first-order valence-corrected chi connectivity index (χ1v) is 7.76. The summed E-state index contributed by atoms with van der Waals surface area (Å²) in [5, 5.41) is 3.58. The van der Waals surface area contributed by atoms with Crippen LogP contribution in [0.4, 0.5) is 0 Å². The van der Waals surface area contributed by atoms with Gasteiger partial charge in [0, 0.05) is 18.2 Å². The van der Waals surface area contributed by atoms with Crippen LogP contribution in [0.2, 0.25) is 0 Å². The first kappa shape index (κ1) is 14.1. The maximum absolute atomic E-state index is 5.88. The second-order valence-corrected chi connectivity index (χ2v) is 5.33. The number of ether oxygens (including phenoxy) is 1. The summed E-state index contributed by atoms with van der Waals surface area (Å²) in [5.74, 6) is 1.05. The van der Waals surface area contributed by atoms with Crippen LogP contribution in [0.5, 0.6) is 5.75 Å². The summed E-state index contributed by atoms with van der Waals surface area (Å²) in [4.78, 5) is 4.65. The van der Waals surface area contributed by atoms with Gasteiger partial charge in [0.15, 0.2) is 0 Å². The van der Waals surface area contributed by atoms with Crippen molar-refractivity contribution < 1.29 is 4.74 Å². The molecule has 1 aromatic heterocycles. The van der Waals surface area contributed by atoms with Crippen molar-refractivity contribution in [3.63, 3.8) is 0 Å². The fraction of sp³-hybridized carbons (Fsp3) is 0.389. The molecule has 3 rings (SSSR count). The number of para-hydroxylation sites is 1. The SMILES string of the molecule is CCNC(c1cccc2c1OCC2)c1ncccc1CC. The van der Waals surface area contributed by atoms with E-state index < -0.39 is 0 Å². The quantitative estimate of drug-likeness (QED) is 0.914. The Morgan fingerprint density at radius 1 is 1.24 bits per heavy atom. The molecule has 0 radical (unpaired) electrons. The van der Waals surface area contributed by atoms with Gasteiger partial charge in [-0.25, -0.2) is 0 Å². The summed E-state index contributed by atoms with van der Waals surface area (Å²) >= 11 is 0. The van der Waals surface area contributed by atoms with Gasteiger partial charge in [-0.3, -0.25) is 4.98 Å². The van der Waals surface area contributed by atoms with Crippen molar-refractivity contribution in [2.24, 2.45) is 0 Å². The van der Waals surface area contributed by atoms with Crippen molar-refractivity contribution >= 4 is 0 Å². The minimum atomic E-state index is 0.0965. The molecule has 1 aliphatic rings. The Balaban J connectivity index is 2.09. The van der Waals surface area contributed by atoms with Crippen molar-refractivity contribution in [3.8, 4) is 5.75 Å². The molecule has 1 aliphatic heterocycles. The van der Waals surface area contributed by atoms with Crippen molar-refractivity contribution in [2.45, 2.75) is 32.7 Å². The van der Waals surface area contributed by atoms with Gasteiger partial charge in [0.05, 0.1) is 18.3 Å². The Morgan fingerprint density at radius 2 is 2.14 bits per heavy atom. The number of hydrogen-bond acceptors (Lipinski definition) is 3. The number of fused-ring (bicyclic) bond motifs is 1. The van der Waals surface area contributed by atoms with Gasteiger partial charge < -0.3 is 10.1 Å². The maximum atomic E-state index is 5.88. The second kappa shape index (κ2) is 6.27. The molecule has 1 aromatic carbocycles. The smallest absolute Gasteiger partial charge is 0.127 e. The molecule has 0 bridgehead atoms. The highest BCUT2D eigenvalue weighted by Gasteiger charge is 2.24. The molecular formula is C18H22N2O. The van der Waals surface area contributed by atoms with E-state index in [1.54, 1.807) is 0 Å². The van der Waals surface area contributed by atoms with Crippen LogP contribution in [-0.2, 0) is 12.8 Å². The third-order valence-corrected chi connectivity index (χ3v) is 4.04. The average molecular weight is 282 g/mol. The molecule has 21 heavy (non-hydrogen) atoms. The number of aromatic nitrogens is 1. The van der Waals surface area contributed by atoms with Crippen LogP contribution >= 0.6 is 0 Å². The summed E-state index contributed by atoms with van der Waals surface area (Å²) < 4.78 is 5.88. The van der Waals surface area contributed by atoms with E-state index in [1.165, 1.54) is 16.7 Å². The minimum absolute atomic E-state index is 0.0965. The lowest BCUT2D eigenvalue weighted by atomic mass is 9.95. The second-order valence-electron chi connectivity index (χ2n) is 5.33. The molecule has 3 heteroatoms. The summed E-state index contributed by atoms with van der Waals surface area (Å²) in [5.41, 5.74) is 4.93. The van der Waals surface area contributed by atoms with Gasteiger partial charge in [0.25, 0.3) is 0 Å². The number of nitrogens with zero attached hydrogens (tertiary/aromatic N) is 1. The summed E-state index contributed by atoms with van der Waals surface area (Å²) in [6, 6.07) is 10.7. The van der Waals surface area contributed by atoms with Crippen molar-refractivity contribution in [2.75, 3.05) is 13.2 Å². The van der Waals surface area contributed by atoms with E-state index in [2.05, 4.69) is 48.4 Å². The number of hydrogen-bond donors (Lipinski definition) is 1. The molecule has 0 saturated heterocycles. The van der Waals surface area contributed by atoms with Crippen LogP contribution in [0.3, 0.4) is 0 Å². The van der Waals surface area contributed by atoms with Crippen LogP contribution in [-0.4, -0.2) is 18.1 Å². The summed E-state index contributed by atoms with van der Waals surface area (Å²) in [7, 11) is 0. The van der Waals surface area contributed by atoms with Gasteiger partial charge in [0.2, 0.25) is 0 Å². The largest absolute Gasteiger partial charge is 0.493 e. The minimum Gasteiger partial charge on any atom is -0.493 e. The monoisotopic (exact) mass is 282 g/mol. The summed E-state index contributed by atoms with van der Waals surface area (Å²) in [6.07, 6.45) is 3.87. The van der Waals surface area contributed by atoms with E-state index in [0.717, 1.165) is 37.4 Å². The van der Waals surface area contributed by atoms with Gasteiger partial charge in [-0.15, -0.1) is 0 Å². The van der Waals surface area contributed by atoms with E-state index in [1.807, 2.05) is 12.3 Å². The number of nitrogens with one attached hydrogen (secondary N) is 1. The van der Waals surface area contributed by atoms with Crippen LogP contribution < -0.4 is 10.1 Å². The Hall–Kier alpha value is -1.87. The van der Waals surface area contributed by atoms with E-state index >= 15 is 0 Å². The van der Waals surface area contributed by atoms with Gasteiger partial charge >= 0.3 is 0 Å². The molecule has 3 nitrogen and oxygen atoms in total.